The van der Waals surface area contributed by atoms with Crippen LogP contribution in [0.15, 0.2) is 42.0 Å². The maximum Gasteiger partial charge on any atom is 0.230 e. The quantitative estimate of drug-likeness (QED) is 0.692. The first-order valence-electron chi connectivity index (χ1n) is 12.4. The number of Topliss-reactive ketones (excluding diaryl/α,β-unsaturated/α-hetero) is 1. The number of rotatable bonds is 3. The maximum atomic E-state index is 13.0. The van der Waals surface area contributed by atoms with Crippen LogP contribution in [-0.2, 0) is 21.4 Å². The summed E-state index contributed by atoms with van der Waals surface area (Å²) in [5.41, 5.74) is 3.27. The average Bonchev–Trinajstić information content (AvgIpc) is 2.87. The van der Waals surface area contributed by atoms with E-state index in [-0.39, 0.29) is 35.0 Å². The molecule has 3 aliphatic rings. The van der Waals surface area contributed by atoms with Crippen molar-refractivity contribution < 1.29 is 9.59 Å². The number of hydrogen-bond donors (Lipinski definition) is 1. The molecular weight excluding hydrogens is 424 g/mol. The number of allylic oxidation sites excluding steroid dienone is 2. The summed E-state index contributed by atoms with van der Waals surface area (Å²) in [4.78, 5) is 35.6. The van der Waals surface area contributed by atoms with Gasteiger partial charge in [-0.05, 0) is 31.6 Å². The first kappa shape index (κ1) is 22.5. The minimum Gasteiger partial charge on any atom is -0.294 e. The molecule has 0 radical (unpaired) electrons. The molecule has 2 aromatic rings. The van der Waals surface area contributed by atoms with E-state index in [0.717, 1.165) is 61.0 Å². The largest absolute Gasteiger partial charge is 0.294 e. The van der Waals surface area contributed by atoms with Gasteiger partial charge in [-0.15, -0.1) is 0 Å². The monoisotopic (exact) mass is 454 g/mol. The Morgan fingerprint density at radius 3 is 2.56 bits per heavy atom. The number of nitrogens with zero attached hydrogens (tertiary/aromatic N) is 3. The second-order valence-electron chi connectivity index (χ2n) is 10.2. The van der Waals surface area contributed by atoms with Gasteiger partial charge in [0, 0.05) is 28.4 Å². The second-order valence-corrected chi connectivity index (χ2v) is 10.2. The van der Waals surface area contributed by atoms with Crippen LogP contribution in [0.5, 0.6) is 0 Å². The summed E-state index contributed by atoms with van der Waals surface area (Å²) >= 11 is 0. The fraction of sp³-hybridized carbons (Fsp3) is 0.464. The summed E-state index contributed by atoms with van der Waals surface area (Å²) in [6.45, 7) is 4.00. The first-order valence-corrected chi connectivity index (χ1v) is 12.4. The Morgan fingerprint density at radius 2 is 1.85 bits per heavy atom. The molecule has 0 unspecified atom stereocenters. The minimum atomic E-state index is -0.581. The Bertz CT molecular complexity index is 1210. The smallest absolute Gasteiger partial charge is 0.230 e. The molecule has 0 bridgehead atoms. The molecular formula is C28H30N4O2. The van der Waals surface area contributed by atoms with E-state index < -0.39 is 5.41 Å². The number of benzene rings is 1. The zero-order valence-corrected chi connectivity index (χ0v) is 19.8. The van der Waals surface area contributed by atoms with E-state index in [9.17, 15) is 14.9 Å². The van der Waals surface area contributed by atoms with E-state index in [1.807, 2.05) is 43.3 Å². The number of ketones is 1. The molecule has 1 aromatic heterocycles. The van der Waals surface area contributed by atoms with Crippen LogP contribution in [0.4, 0.5) is 5.95 Å². The average molecular weight is 455 g/mol. The van der Waals surface area contributed by atoms with Crippen molar-refractivity contribution in [3.8, 4) is 17.3 Å². The van der Waals surface area contributed by atoms with Crippen LogP contribution < -0.4 is 5.32 Å². The standard InChI is InChI=1S/C28H30N4O2/c1-17-22-14-13-21-23(18-9-5-3-6-10-18)30-27(32-26(34)19-11-7-4-8-12-19)31-25(21)28(22,2)15-20(16-29)24(17)33/h3,5-6,9-10,15,17,19,22H,4,7-8,11-14H2,1-2H3,(H,30,31,32,34)/t17-,22-,28-/m1/s1. The fourth-order valence-corrected chi connectivity index (χ4v) is 6.24. The van der Waals surface area contributed by atoms with Gasteiger partial charge in [0.25, 0.3) is 0 Å². The number of carbonyl (C=O) groups excluding carboxylic acids is 2. The highest BCUT2D eigenvalue weighted by Crippen LogP contribution is 2.50. The summed E-state index contributed by atoms with van der Waals surface area (Å²) in [6, 6.07) is 12.1. The second kappa shape index (κ2) is 8.79. The molecule has 3 aliphatic carbocycles. The molecule has 1 heterocycles. The third-order valence-electron chi connectivity index (χ3n) is 8.10. The maximum absolute atomic E-state index is 13.0. The van der Waals surface area contributed by atoms with Gasteiger partial charge in [-0.1, -0.05) is 69.5 Å². The lowest BCUT2D eigenvalue weighted by molar-refractivity contribution is -0.122. The molecule has 6 heteroatoms. The zero-order valence-electron chi connectivity index (χ0n) is 19.8. The zero-order chi connectivity index (χ0) is 23.9. The molecule has 1 saturated carbocycles. The number of fused-ring (bicyclic) bond motifs is 3. The van der Waals surface area contributed by atoms with Crippen molar-refractivity contribution in [3.63, 3.8) is 0 Å². The lowest BCUT2D eigenvalue weighted by Gasteiger charge is -2.45. The Labute approximate surface area is 200 Å². The van der Waals surface area contributed by atoms with Crippen LogP contribution in [0.1, 0.15) is 63.6 Å². The molecule has 174 valence electrons. The van der Waals surface area contributed by atoms with Crippen LogP contribution in [-0.4, -0.2) is 21.7 Å². The molecule has 0 saturated heterocycles. The van der Waals surface area contributed by atoms with E-state index in [4.69, 9.17) is 9.97 Å². The van der Waals surface area contributed by atoms with E-state index in [2.05, 4.69) is 18.3 Å². The minimum absolute atomic E-state index is 0.00527. The third-order valence-corrected chi connectivity index (χ3v) is 8.10. The van der Waals surface area contributed by atoms with Crippen LogP contribution in [0.2, 0.25) is 0 Å². The van der Waals surface area contributed by atoms with Gasteiger partial charge in [0.15, 0.2) is 5.78 Å². The van der Waals surface area contributed by atoms with E-state index in [1.54, 1.807) is 0 Å². The predicted molar refractivity (Wildman–Crippen MR) is 130 cm³/mol. The molecule has 3 atom stereocenters. The van der Waals surface area contributed by atoms with E-state index in [1.165, 1.54) is 6.42 Å². The highest BCUT2D eigenvalue weighted by Gasteiger charge is 2.49. The van der Waals surface area contributed by atoms with Gasteiger partial charge in [0.05, 0.1) is 17.0 Å². The summed E-state index contributed by atoms with van der Waals surface area (Å²) in [5.74, 6) is -0.00716. The van der Waals surface area contributed by atoms with Gasteiger partial charge in [-0.25, -0.2) is 9.97 Å². The van der Waals surface area contributed by atoms with Crippen molar-refractivity contribution in [2.24, 2.45) is 17.8 Å². The number of hydrogen-bond acceptors (Lipinski definition) is 5. The third kappa shape index (κ3) is 3.73. The predicted octanol–water partition coefficient (Wildman–Crippen LogP) is 5.15. The lowest BCUT2D eigenvalue weighted by Crippen LogP contribution is -2.46. The number of aromatic nitrogens is 2. The number of nitriles is 1. The van der Waals surface area contributed by atoms with Crippen LogP contribution in [0.3, 0.4) is 0 Å². The van der Waals surface area contributed by atoms with Gasteiger partial charge in [-0.3, -0.25) is 14.9 Å². The van der Waals surface area contributed by atoms with Gasteiger partial charge in [-0.2, -0.15) is 5.26 Å². The van der Waals surface area contributed by atoms with Gasteiger partial charge in [0.1, 0.15) is 6.07 Å². The topological polar surface area (TPSA) is 95.7 Å². The number of amides is 1. The molecule has 1 aromatic carbocycles. The number of anilines is 1. The lowest BCUT2D eigenvalue weighted by atomic mass is 9.57. The SMILES string of the molecule is C[C@H]1C(=O)C(C#N)=C[C@@]2(C)c3nc(NC(=O)C4CCCCC4)nc(-c4ccccc4)c3CC[C@H]12. The summed E-state index contributed by atoms with van der Waals surface area (Å²) in [5, 5.41) is 12.7. The van der Waals surface area contributed by atoms with Crippen LogP contribution >= 0.6 is 0 Å². The fourth-order valence-electron chi connectivity index (χ4n) is 6.24. The molecule has 34 heavy (non-hydrogen) atoms. The van der Waals surface area contributed by atoms with Gasteiger partial charge >= 0.3 is 0 Å². The van der Waals surface area contributed by atoms with Crippen molar-refractivity contribution in [3.05, 3.63) is 53.2 Å². The summed E-state index contributed by atoms with van der Waals surface area (Å²) < 4.78 is 0. The molecule has 0 spiro atoms. The molecule has 1 fully saturated rings. The number of nitrogens with one attached hydrogen (secondary N) is 1. The molecule has 5 rings (SSSR count). The van der Waals surface area contributed by atoms with Crippen molar-refractivity contribution in [1.82, 2.24) is 9.97 Å². The van der Waals surface area contributed by atoms with Crippen LogP contribution in [0.25, 0.3) is 11.3 Å². The van der Waals surface area contributed by atoms with Crippen molar-refractivity contribution in [2.45, 2.75) is 64.2 Å². The molecule has 6 nitrogen and oxygen atoms in total. The summed E-state index contributed by atoms with van der Waals surface area (Å²) in [7, 11) is 0. The first-order chi connectivity index (χ1) is 16.4. The molecule has 1 amide bonds. The highest BCUT2D eigenvalue weighted by molar-refractivity contribution is 6.02. The van der Waals surface area contributed by atoms with Gasteiger partial charge < -0.3 is 0 Å². The van der Waals surface area contributed by atoms with Crippen molar-refractivity contribution in [1.29, 1.82) is 5.26 Å². The molecule has 0 aliphatic heterocycles. The van der Waals surface area contributed by atoms with Crippen LogP contribution in [0, 0.1) is 29.1 Å². The van der Waals surface area contributed by atoms with Crippen molar-refractivity contribution >= 4 is 17.6 Å². The Balaban J connectivity index is 1.65. The van der Waals surface area contributed by atoms with E-state index >= 15 is 0 Å². The molecule has 1 N–H and O–H groups in total. The normalized spacial score (nSPS) is 26.6. The Morgan fingerprint density at radius 1 is 1.12 bits per heavy atom. The van der Waals surface area contributed by atoms with Gasteiger partial charge in [0.2, 0.25) is 11.9 Å². The van der Waals surface area contributed by atoms with E-state index in [0.29, 0.717) is 5.95 Å². The summed E-state index contributed by atoms with van der Waals surface area (Å²) in [6.07, 6.45) is 8.52. The number of carbonyl (C=O) groups is 2. The highest BCUT2D eigenvalue weighted by atomic mass is 16.2. The van der Waals surface area contributed by atoms with Crippen molar-refractivity contribution in [2.75, 3.05) is 5.32 Å². The Kier molecular flexibility index (Phi) is 5.81. The Hall–Kier alpha value is -3.33.